The molecule has 118 valence electrons. The highest BCUT2D eigenvalue weighted by Gasteiger charge is 2.10. The molecule has 1 aromatic heterocycles. The Balaban J connectivity index is 1.50. The summed E-state index contributed by atoms with van der Waals surface area (Å²) in [6.45, 7) is 0.619. The van der Waals surface area contributed by atoms with Crippen molar-refractivity contribution in [1.29, 1.82) is 0 Å². The number of nitrogens with one attached hydrogen (secondary N) is 2. The smallest absolute Gasteiger partial charge is 0.226 e. The fourth-order valence-corrected chi connectivity index (χ4v) is 2.56. The van der Waals surface area contributed by atoms with Crippen molar-refractivity contribution in [2.45, 2.75) is 19.3 Å². The Bertz CT molecular complexity index is 798. The van der Waals surface area contributed by atoms with E-state index in [0.29, 0.717) is 23.1 Å². The summed E-state index contributed by atoms with van der Waals surface area (Å²) in [4.78, 5) is 12.0. The molecule has 1 amide bonds. The van der Waals surface area contributed by atoms with Crippen LogP contribution in [0.25, 0.3) is 10.9 Å². The molecule has 4 nitrogen and oxygen atoms in total. The van der Waals surface area contributed by atoms with Crippen LogP contribution in [-0.2, 0) is 17.6 Å². The molecule has 0 radical (unpaired) electrons. The van der Waals surface area contributed by atoms with Gasteiger partial charge in [0.05, 0.1) is 17.6 Å². The average Bonchev–Trinajstić information content (AvgIpc) is 2.95. The van der Waals surface area contributed by atoms with Crippen LogP contribution in [-0.4, -0.2) is 22.6 Å². The van der Waals surface area contributed by atoms with Crippen LogP contribution in [0.1, 0.15) is 17.7 Å². The summed E-state index contributed by atoms with van der Waals surface area (Å²) in [6.07, 6.45) is 1.98. The minimum atomic E-state index is -0.330. The first-order valence-corrected chi connectivity index (χ1v) is 7.65. The van der Waals surface area contributed by atoms with Crippen molar-refractivity contribution in [1.82, 2.24) is 15.5 Å². The number of aromatic amines is 1. The SMILES string of the molecule is O=C(Cc1[nH]nc2ccc(F)cc12)NCCCc1ccccc1. The first kappa shape index (κ1) is 15.2. The quantitative estimate of drug-likeness (QED) is 0.688. The number of hydrogen-bond acceptors (Lipinski definition) is 2. The predicted octanol–water partition coefficient (Wildman–Crippen LogP) is 2.99. The van der Waals surface area contributed by atoms with Crippen LogP contribution in [0.2, 0.25) is 0 Å². The third kappa shape index (κ3) is 3.94. The van der Waals surface area contributed by atoms with Gasteiger partial charge in [0.1, 0.15) is 5.82 Å². The fraction of sp³-hybridized carbons (Fsp3) is 0.222. The van der Waals surface area contributed by atoms with Gasteiger partial charge in [0.2, 0.25) is 5.91 Å². The van der Waals surface area contributed by atoms with Gasteiger partial charge in [-0.3, -0.25) is 9.89 Å². The van der Waals surface area contributed by atoms with Crippen molar-refractivity contribution in [3.63, 3.8) is 0 Å². The van der Waals surface area contributed by atoms with E-state index in [9.17, 15) is 9.18 Å². The Hall–Kier alpha value is -2.69. The van der Waals surface area contributed by atoms with E-state index < -0.39 is 0 Å². The third-order valence-corrected chi connectivity index (χ3v) is 3.74. The maximum absolute atomic E-state index is 13.3. The van der Waals surface area contributed by atoms with Crippen molar-refractivity contribution < 1.29 is 9.18 Å². The first-order chi connectivity index (χ1) is 11.2. The van der Waals surface area contributed by atoms with Gasteiger partial charge >= 0.3 is 0 Å². The summed E-state index contributed by atoms with van der Waals surface area (Å²) >= 11 is 0. The molecule has 0 aliphatic carbocycles. The number of rotatable bonds is 6. The number of fused-ring (bicyclic) bond motifs is 1. The summed E-state index contributed by atoms with van der Waals surface area (Å²) in [5.41, 5.74) is 2.56. The lowest BCUT2D eigenvalue weighted by Crippen LogP contribution is -2.26. The molecular weight excluding hydrogens is 293 g/mol. The molecule has 2 aromatic carbocycles. The Morgan fingerprint density at radius 3 is 2.83 bits per heavy atom. The van der Waals surface area contributed by atoms with Crippen LogP contribution in [0, 0.1) is 5.82 Å². The average molecular weight is 311 g/mol. The predicted molar refractivity (Wildman–Crippen MR) is 87.5 cm³/mol. The fourth-order valence-electron chi connectivity index (χ4n) is 2.56. The lowest BCUT2D eigenvalue weighted by atomic mass is 10.1. The maximum atomic E-state index is 13.3. The maximum Gasteiger partial charge on any atom is 0.226 e. The van der Waals surface area contributed by atoms with Gasteiger partial charge < -0.3 is 5.32 Å². The molecule has 3 rings (SSSR count). The zero-order chi connectivity index (χ0) is 16.1. The van der Waals surface area contributed by atoms with E-state index in [-0.39, 0.29) is 18.1 Å². The molecule has 2 N–H and O–H groups in total. The zero-order valence-electron chi connectivity index (χ0n) is 12.7. The Morgan fingerprint density at radius 2 is 2.00 bits per heavy atom. The molecule has 0 saturated heterocycles. The Kier molecular flexibility index (Phi) is 4.66. The molecule has 0 unspecified atom stereocenters. The molecule has 3 aromatic rings. The number of nitrogens with zero attached hydrogens (tertiary/aromatic N) is 1. The zero-order valence-corrected chi connectivity index (χ0v) is 12.7. The minimum Gasteiger partial charge on any atom is -0.356 e. The molecule has 0 spiro atoms. The van der Waals surface area contributed by atoms with Crippen molar-refractivity contribution in [2.24, 2.45) is 0 Å². The second kappa shape index (κ2) is 7.05. The van der Waals surface area contributed by atoms with E-state index in [0.717, 1.165) is 12.8 Å². The number of H-pyrrole nitrogens is 1. The van der Waals surface area contributed by atoms with Gasteiger partial charge in [0.15, 0.2) is 0 Å². The number of carbonyl (C=O) groups is 1. The van der Waals surface area contributed by atoms with E-state index in [2.05, 4.69) is 27.6 Å². The summed E-state index contributed by atoms with van der Waals surface area (Å²) in [5, 5.41) is 10.4. The highest BCUT2D eigenvalue weighted by atomic mass is 19.1. The molecule has 0 fully saturated rings. The van der Waals surface area contributed by atoms with Gasteiger partial charge in [-0.15, -0.1) is 0 Å². The number of amides is 1. The second-order valence-electron chi connectivity index (χ2n) is 5.48. The van der Waals surface area contributed by atoms with Crippen molar-refractivity contribution in [3.8, 4) is 0 Å². The van der Waals surface area contributed by atoms with Crippen molar-refractivity contribution in [2.75, 3.05) is 6.54 Å². The summed E-state index contributed by atoms with van der Waals surface area (Å²) in [7, 11) is 0. The Morgan fingerprint density at radius 1 is 1.17 bits per heavy atom. The lowest BCUT2D eigenvalue weighted by Gasteiger charge is -2.05. The molecule has 0 aliphatic rings. The van der Waals surface area contributed by atoms with Gasteiger partial charge in [-0.05, 0) is 36.6 Å². The number of hydrogen-bond donors (Lipinski definition) is 2. The lowest BCUT2D eigenvalue weighted by molar-refractivity contribution is -0.120. The van der Waals surface area contributed by atoms with Crippen LogP contribution in [0.3, 0.4) is 0 Å². The molecule has 0 aliphatic heterocycles. The number of halogens is 1. The molecule has 5 heteroatoms. The topological polar surface area (TPSA) is 57.8 Å². The van der Waals surface area contributed by atoms with E-state index in [1.54, 1.807) is 6.07 Å². The van der Waals surface area contributed by atoms with Gasteiger partial charge in [0, 0.05) is 11.9 Å². The highest BCUT2D eigenvalue weighted by Crippen LogP contribution is 2.17. The van der Waals surface area contributed by atoms with E-state index in [1.807, 2.05) is 18.2 Å². The van der Waals surface area contributed by atoms with Crippen LogP contribution < -0.4 is 5.32 Å². The summed E-state index contributed by atoms with van der Waals surface area (Å²) in [5.74, 6) is -0.420. The van der Waals surface area contributed by atoms with E-state index >= 15 is 0 Å². The van der Waals surface area contributed by atoms with E-state index in [1.165, 1.54) is 17.7 Å². The van der Waals surface area contributed by atoms with Crippen LogP contribution >= 0.6 is 0 Å². The van der Waals surface area contributed by atoms with Crippen LogP contribution in [0.5, 0.6) is 0 Å². The van der Waals surface area contributed by atoms with Gasteiger partial charge in [-0.25, -0.2) is 4.39 Å². The van der Waals surface area contributed by atoms with Crippen LogP contribution in [0.15, 0.2) is 48.5 Å². The summed E-state index contributed by atoms with van der Waals surface area (Å²) < 4.78 is 13.3. The van der Waals surface area contributed by atoms with Crippen molar-refractivity contribution in [3.05, 3.63) is 65.6 Å². The van der Waals surface area contributed by atoms with Gasteiger partial charge in [0.25, 0.3) is 0 Å². The molecular formula is C18H18FN3O. The normalized spacial score (nSPS) is 10.8. The van der Waals surface area contributed by atoms with E-state index in [4.69, 9.17) is 0 Å². The largest absolute Gasteiger partial charge is 0.356 e. The highest BCUT2D eigenvalue weighted by molar-refractivity contribution is 5.87. The number of benzene rings is 2. The molecule has 0 bridgehead atoms. The van der Waals surface area contributed by atoms with Gasteiger partial charge in [-0.1, -0.05) is 30.3 Å². The van der Waals surface area contributed by atoms with Crippen LogP contribution in [0.4, 0.5) is 4.39 Å². The minimum absolute atomic E-state index is 0.0899. The first-order valence-electron chi connectivity index (χ1n) is 7.65. The second-order valence-corrected chi connectivity index (χ2v) is 5.48. The Labute approximate surface area is 133 Å². The molecule has 23 heavy (non-hydrogen) atoms. The van der Waals surface area contributed by atoms with Gasteiger partial charge in [-0.2, -0.15) is 5.10 Å². The monoisotopic (exact) mass is 311 g/mol. The third-order valence-electron chi connectivity index (χ3n) is 3.74. The molecule has 0 atom stereocenters. The number of carbonyl (C=O) groups excluding carboxylic acids is 1. The molecule has 0 saturated carbocycles. The van der Waals surface area contributed by atoms with Crippen molar-refractivity contribution >= 4 is 16.8 Å². The number of aromatic nitrogens is 2. The summed E-state index contributed by atoms with van der Waals surface area (Å²) in [6, 6.07) is 14.5. The standard InChI is InChI=1S/C18H18FN3O/c19-14-8-9-16-15(11-14)17(22-21-16)12-18(23)20-10-4-7-13-5-2-1-3-6-13/h1-3,5-6,8-9,11H,4,7,10,12H2,(H,20,23)(H,21,22). The number of aryl methyl sites for hydroxylation is 1. The molecule has 1 heterocycles.